The van der Waals surface area contributed by atoms with Crippen molar-refractivity contribution in [1.29, 1.82) is 0 Å². The van der Waals surface area contributed by atoms with E-state index in [0.29, 0.717) is 12.3 Å². The lowest BCUT2D eigenvalue weighted by Gasteiger charge is -2.02. The van der Waals surface area contributed by atoms with Crippen LogP contribution in [-0.4, -0.2) is 6.29 Å². The number of carbonyl (C=O) groups excluding carboxylic acids is 1. The summed E-state index contributed by atoms with van der Waals surface area (Å²) < 4.78 is 0. The van der Waals surface area contributed by atoms with Gasteiger partial charge in [0.1, 0.15) is 6.29 Å². The van der Waals surface area contributed by atoms with Crippen molar-refractivity contribution in [2.45, 2.75) is 39.0 Å². The van der Waals surface area contributed by atoms with Crippen molar-refractivity contribution >= 4 is 6.29 Å². The molecule has 0 aliphatic heterocycles. The highest BCUT2D eigenvalue weighted by atomic mass is 16.1. The highest BCUT2D eigenvalue weighted by Crippen LogP contribution is 2.10. The van der Waals surface area contributed by atoms with Gasteiger partial charge >= 0.3 is 0 Å². The molecule has 0 amide bonds. The minimum atomic E-state index is 0.582. The first-order valence-electron chi connectivity index (χ1n) is 4.61. The van der Waals surface area contributed by atoms with Gasteiger partial charge in [-0.2, -0.15) is 0 Å². The zero-order chi connectivity index (χ0) is 9.23. The molecule has 1 nitrogen and oxygen atoms in total. The van der Waals surface area contributed by atoms with Gasteiger partial charge in [0.15, 0.2) is 0 Å². The number of carbonyl (C=O) groups is 1. The predicted molar refractivity (Wildman–Crippen MR) is 52.0 cm³/mol. The molecule has 12 heavy (non-hydrogen) atoms. The molecule has 0 fully saturated rings. The van der Waals surface area contributed by atoms with Crippen molar-refractivity contribution in [3.05, 3.63) is 18.4 Å². The monoisotopic (exact) mass is 166 g/mol. The van der Waals surface area contributed by atoms with E-state index in [1.807, 2.05) is 6.08 Å². The van der Waals surface area contributed by atoms with Gasteiger partial charge in [-0.05, 0) is 24.8 Å². The molecule has 0 bridgehead atoms. The lowest BCUT2D eigenvalue weighted by Crippen LogP contribution is -1.89. The van der Waals surface area contributed by atoms with Crippen LogP contribution < -0.4 is 0 Å². The second-order valence-corrected chi connectivity index (χ2v) is 3.15. The van der Waals surface area contributed by atoms with Crippen LogP contribution in [0.4, 0.5) is 0 Å². The molecule has 0 aromatic carbocycles. The zero-order valence-electron chi connectivity index (χ0n) is 7.88. The average Bonchev–Trinajstić information content (AvgIpc) is 2.05. The third-order valence-corrected chi connectivity index (χ3v) is 1.88. The van der Waals surface area contributed by atoms with Gasteiger partial charge in [-0.25, -0.2) is 0 Å². The lowest BCUT2D eigenvalue weighted by atomic mass is 10.0. The Morgan fingerprint density at radius 1 is 1.42 bits per heavy atom. The molecule has 0 aromatic rings. The fourth-order valence-corrected chi connectivity index (χ4v) is 1.16. The maximum Gasteiger partial charge on any atom is 0.119 e. The summed E-state index contributed by atoms with van der Waals surface area (Å²) in [7, 11) is 0. The van der Waals surface area contributed by atoms with Crippen LogP contribution in [0.15, 0.2) is 18.4 Å². The Morgan fingerprint density at radius 3 is 2.75 bits per heavy atom. The molecule has 0 aliphatic carbocycles. The molecule has 1 unspecified atom stereocenters. The molecule has 0 aromatic heterocycles. The molecule has 0 spiro atoms. The van der Waals surface area contributed by atoms with Crippen LogP contribution in [0.5, 0.6) is 0 Å². The van der Waals surface area contributed by atoms with Crippen LogP contribution in [0.2, 0.25) is 0 Å². The van der Waals surface area contributed by atoms with E-state index in [1.54, 1.807) is 0 Å². The quantitative estimate of drug-likeness (QED) is 0.322. The molecule has 0 aliphatic rings. The molecule has 68 valence electrons. The summed E-state index contributed by atoms with van der Waals surface area (Å²) in [5, 5.41) is 0. The van der Waals surface area contributed by atoms with Crippen LogP contribution in [0.1, 0.15) is 39.0 Å². The van der Waals surface area contributed by atoms with Gasteiger partial charge in [-0.1, -0.05) is 26.3 Å². The van der Waals surface area contributed by atoms with Crippen LogP contribution in [0, 0.1) is 5.92 Å². The van der Waals surface area contributed by atoms with E-state index in [-0.39, 0.29) is 0 Å². The Morgan fingerprint density at radius 2 is 2.17 bits per heavy atom. The summed E-state index contributed by atoms with van der Waals surface area (Å²) in [5.74, 6) is 0.582. The van der Waals surface area contributed by atoms with E-state index in [9.17, 15) is 4.79 Å². The molecule has 0 radical (unpaired) electrons. The van der Waals surface area contributed by atoms with Crippen LogP contribution in [-0.2, 0) is 4.79 Å². The minimum absolute atomic E-state index is 0.582. The third kappa shape index (κ3) is 7.30. The Bertz CT molecular complexity index is 154. The highest BCUT2D eigenvalue weighted by molar-refractivity contribution is 5.48. The predicted octanol–water partition coefficient (Wildman–Crippen LogP) is 3.11. The van der Waals surface area contributed by atoms with E-state index in [4.69, 9.17) is 0 Å². The summed E-state index contributed by atoms with van der Waals surface area (Å²) in [4.78, 5) is 9.98. The molecule has 1 heteroatoms. The van der Waals surface area contributed by atoms with Crippen molar-refractivity contribution in [3.63, 3.8) is 0 Å². The summed E-state index contributed by atoms with van der Waals surface area (Å²) in [6.45, 7) is 5.70. The number of unbranched alkanes of at least 4 members (excludes halogenated alkanes) is 3. The van der Waals surface area contributed by atoms with Crippen LogP contribution in [0.3, 0.4) is 0 Å². The summed E-state index contributed by atoms with van der Waals surface area (Å²) in [6, 6.07) is 0. The molecule has 0 N–H and O–H groups in total. The van der Waals surface area contributed by atoms with Gasteiger partial charge in [-0.3, -0.25) is 0 Å². The Kier molecular flexibility index (Phi) is 7.73. The maximum atomic E-state index is 9.98. The number of allylic oxidation sites excluding steroid dienone is 1. The topological polar surface area (TPSA) is 17.1 Å². The molecule has 0 saturated carbocycles. The van der Waals surface area contributed by atoms with Crippen molar-refractivity contribution in [1.82, 2.24) is 0 Å². The van der Waals surface area contributed by atoms with E-state index in [2.05, 4.69) is 19.2 Å². The molecule has 0 saturated heterocycles. The van der Waals surface area contributed by atoms with Gasteiger partial charge in [0, 0.05) is 6.42 Å². The number of hydrogen-bond acceptors (Lipinski definition) is 1. The normalized spacial score (nSPS) is 11.8. The van der Waals surface area contributed by atoms with Crippen LogP contribution in [0.25, 0.3) is 0 Å². The van der Waals surface area contributed by atoms with Crippen LogP contribution >= 0.6 is 0 Å². The SMILES string of the molecule is C=C=CC(C)CCCCCC=O. The second kappa shape index (κ2) is 8.29. The average molecular weight is 166 g/mol. The first kappa shape index (κ1) is 11.2. The largest absolute Gasteiger partial charge is 0.303 e. The van der Waals surface area contributed by atoms with E-state index in [0.717, 1.165) is 19.1 Å². The maximum absolute atomic E-state index is 9.98. The van der Waals surface area contributed by atoms with Gasteiger partial charge in [0.05, 0.1) is 0 Å². The van der Waals surface area contributed by atoms with E-state index in [1.165, 1.54) is 12.8 Å². The summed E-state index contributed by atoms with van der Waals surface area (Å²) in [5.41, 5.74) is 2.79. The van der Waals surface area contributed by atoms with Gasteiger partial charge in [-0.15, -0.1) is 5.73 Å². The van der Waals surface area contributed by atoms with Gasteiger partial charge < -0.3 is 4.79 Å². The van der Waals surface area contributed by atoms with Gasteiger partial charge in [0.25, 0.3) is 0 Å². The summed E-state index contributed by atoms with van der Waals surface area (Å²) >= 11 is 0. The standard InChI is InChI=1S/C11H18O/c1-3-8-11(2)9-6-4-5-7-10-12/h8,10-11H,1,4-7,9H2,2H3. The molecule has 1 atom stereocenters. The van der Waals surface area contributed by atoms with E-state index >= 15 is 0 Å². The second-order valence-electron chi connectivity index (χ2n) is 3.15. The highest BCUT2D eigenvalue weighted by Gasteiger charge is 1.95. The number of hydrogen-bond donors (Lipinski definition) is 0. The van der Waals surface area contributed by atoms with Crippen molar-refractivity contribution in [2.75, 3.05) is 0 Å². The number of rotatable bonds is 7. The minimum Gasteiger partial charge on any atom is -0.303 e. The fourth-order valence-electron chi connectivity index (χ4n) is 1.16. The Labute approximate surface area is 75.2 Å². The van der Waals surface area contributed by atoms with Crippen molar-refractivity contribution in [2.24, 2.45) is 5.92 Å². The zero-order valence-corrected chi connectivity index (χ0v) is 7.88. The third-order valence-electron chi connectivity index (χ3n) is 1.88. The molecular formula is C11H18O. The fraction of sp³-hybridized carbons (Fsp3) is 0.636. The van der Waals surface area contributed by atoms with E-state index < -0.39 is 0 Å². The first-order chi connectivity index (χ1) is 5.81. The first-order valence-corrected chi connectivity index (χ1v) is 4.61. The molecular weight excluding hydrogens is 148 g/mol. The Hall–Kier alpha value is -0.810. The Balaban J connectivity index is 3.18. The number of aldehydes is 1. The van der Waals surface area contributed by atoms with Gasteiger partial charge in [0.2, 0.25) is 0 Å². The van der Waals surface area contributed by atoms with Crippen molar-refractivity contribution in [3.8, 4) is 0 Å². The lowest BCUT2D eigenvalue weighted by molar-refractivity contribution is -0.107. The molecule has 0 heterocycles. The molecule has 0 rings (SSSR count). The van der Waals surface area contributed by atoms with Crippen molar-refractivity contribution < 1.29 is 4.79 Å². The smallest absolute Gasteiger partial charge is 0.119 e. The summed E-state index contributed by atoms with van der Waals surface area (Å²) in [6.07, 6.45) is 8.29.